The van der Waals surface area contributed by atoms with E-state index < -0.39 is 0 Å². The maximum absolute atomic E-state index is 5.71. The van der Waals surface area contributed by atoms with Gasteiger partial charge in [0.25, 0.3) is 0 Å². The fourth-order valence-corrected chi connectivity index (χ4v) is 1.81. The highest BCUT2D eigenvalue weighted by Gasteiger charge is 2.03. The van der Waals surface area contributed by atoms with Crippen LogP contribution in [0.3, 0.4) is 0 Å². The van der Waals surface area contributed by atoms with Crippen molar-refractivity contribution in [2.75, 3.05) is 19.0 Å². The Morgan fingerprint density at radius 2 is 1.95 bits per heavy atom. The van der Waals surface area contributed by atoms with Crippen molar-refractivity contribution < 1.29 is 9.47 Å². The summed E-state index contributed by atoms with van der Waals surface area (Å²) < 4.78 is 10.8. The van der Waals surface area contributed by atoms with Crippen molar-refractivity contribution in [2.24, 2.45) is 0 Å². The lowest BCUT2D eigenvalue weighted by atomic mass is 10.2. The number of nitrogens with one attached hydrogen (secondary N) is 1. The van der Waals surface area contributed by atoms with Crippen LogP contribution in [-0.4, -0.2) is 18.7 Å². The minimum atomic E-state index is 0.625. The number of benzene rings is 1. The van der Waals surface area contributed by atoms with Gasteiger partial charge in [0, 0.05) is 6.07 Å². The van der Waals surface area contributed by atoms with Gasteiger partial charge in [-0.25, -0.2) is 4.98 Å². The summed E-state index contributed by atoms with van der Waals surface area (Å²) in [5.74, 6) is 1.50. The molecule has 1 N–H and O–H groups in total. The summed E-state index contributed by atoms with van der Waals surface area (Å²) in [5.41, 5.74) is 1.90. The molecule has 0 unspecified atom stereocenters. The normalized spacial score (nSPS) is 10.1. The van der Waals surface area contributed by atoms with Crippen LogP contribution in [-0.2, 0) is 6.54 Å². The molecule has 1 aromatic heterocycles. The van der Waals surface area contributed by atoms with Gasteiger partial charge in [-0.2, -0.15) is 0 Å². The first kappa shape index (κ1) is 14.2. The number of para-hydroxylation sites is 2. The molecule has 1 aromatic carbocycles. The molecule has 0 atom stereocenters. The third-order valence-electron chi connectivity index (χ3n) is 2.80. The number of pyridine rings is 1. The second-order valence-corrected chi connectivity index (χ2v) is 4.37. The Balaban J connectivity index is 2.02. The predicted molar refractivity (Wildman–Crippen MR) is 80.3 cm³/mol. The van der Waals surface area contributed by atoms with E-state index in [4.69, 9.17) is 9.47 Å². The number of methoxy groups -OCH3 is 1. The van der Waals surface area contributed by atoms with Gasteiger partial charge >= 0.3 is 0 Å². The molecule has 0 amide bonds. The molecular formula is C16H20N2O2. The molecule has 0 aliphatic rings. The second kappa shape index (κ2) is 7.38. The Morgan fingerprint density at radius 3 is 2.75 bits per heavy atom. The van der Waals surface area contributed by atoms with Crippen molar-refractivity contribution in [3.05, 3.63) is 48.2 Å². The zero-order valence-corrected chi connectivity index (χ0v) is 11.9. The van der Waals surface area contributed by atoms with Crippen molar-refractivity contribution in [1.29, 1.82) is 0 Å². The van der Waals surface area contributed by atoms with Gasteiger partial charge in [0.2, 0.25) is 5.88 Å². The monoisotopic (exact) mass is 272 g/mol. The number of nitrogens with zero attached hydrogens (tertiary/aromatic N) is 1. The number of hydrogen-bond donors (Lipinski definition) is 1. The summed E-state index contributed by atoms with van der Waals surface area (Å²) in [4.78, 5) is 4.37. The van der Waals surface area contributed by atoms with Gasteiger partial charge in [-0.1, -0.05) is 25.1 Å². The van der Waals surface area contributed by atoms with E-state index in [2.05, 4.69) is 17.2 Å². The van der Waals surface area contributed by atoms with Crippen molar-refractivity contribution in [1.82, 2.24) is 4.98 Å². The number of hydrogen-bond acceptors (Lipinski definition) is 4. The van der Waals surface area contributed by atoms with Crippen LogP contribution in [0.25, 0.3) is 0 Å². The molecule has 4 heteroatoms. The SMILES string of the molecule is CCCOc1ccccc1NCc1cccc(OC)n1. The quantitative estimate of drug-likeness (QED) is 0.838. The molecule has 0 radical (unpaired) electrons. The maximum Gasteiger partial charge on any atom is 0.213 e. The Bertz CT molecular complexity index is 544. The summed E-state index contributed by atoms with van der Waals surface area (Å²) >= 11 is 0. The van der Waals surface area contributed by atoms with Crippen molar-refractivity contribution in [3.8, 4) is 11.6 Å². The van der Waals surface area contributed by atoms with Crippen LogP contribution in [0.5, 0.6) is 11.6 Å². The van der Waals surface area contributed by atoms with E-state index in [1.807, 2.05) is 42.5 Å². The first-order chi connectivity index (χ1) is 9.83. The number of rotatable bonds is 7. The minimum absolute atomic E-state index is 0.625. The highest BCUT2D eigenvalue weighted by Crippen LogP contribution is 2.24. The van der Waals surface area contributed by atoms with E-state index in [1.165, 1.54) is 0 Å². The summed E-state index contributed by atoms with van der Waals surface area (Å²) in [7, 11) is 1.62. The molecule has 0 aliphatic heterocycles. The van der Waals surface area contributed by atoms with E-state index in [-0.39, 0.29) is 0 Å². The van der Waals surface area contributed by atoms with Gasteiger partial charge < -0.3 is 14.8 Å². The van der Waals surface area contributed by atoms with E-state index in [0.717, 1.165) is 30.2 Å². The van der Waals surface area contributed by atoms with Crippen LogP contribution in [0.2, 0.25) is 0 Å². The van der Waals surface area contributed by atoms with Crippen LogP contribution in [0.4, 0.5) is 5.69 Å². The molecule has 20 heavy (non-hydrogen) atoms. The van der Waals surface area contributed by atoms with E-state index in [1.54, 1.807) is 7.11 Å². The van der Waals surface area contributed by atoms with Gasteiger partial charge in [0.05, 0.1) is 31.6 Å². The Morgan fingerprint density at radius 1 is 1.10 bits per heavy atom. The maximum atomic E-state index is 5.71. The van der Waals surface area contributed by atoms with Crippen molar-refractivity contribution in [2.45, 2.75) is 19.9 Å². The Kier molecular flexibility index (Phi) is 5.24. The molecule has 4 nitrogen and oxygen atoms in total. The topological polar surface area (TPSA) is 43.4 Å². The fourth-order valence-electron chi connectivity index (χ4n) is 1.81. The molecule has 2 aromatic rings. The second-order valence-electron chi connectivity index (χ2n) is 4.37. The van der Waals surface area contributed by atoms with Crippen LogP contribution in [0, 0.1) is 0 Å². The molecule has 1 heterocycles. The molecule has 106 valence electrons. The van der Waals surface area contributed by atoms with Gasteiger partial charge in [0.15, 0.2) is 0 Å². The summed E-state index contributed by atoms with van der Waals surface area (Å²) in [5, 5.41) is 3.35. The molecule has 0 bridgehead atoms. The molecule has 0 fully saturated rings. The number of aromatic nitrogens is 1. The minimum Gasteiger partial charge on any atom is -0.491 e. The Labute approximate surface area is 119 Å². The van der Waals surface area contributed by atoms with E-state index in [0.29, 0.717) is 12.4 Å². The smallest absolute Gasteiger partial charge is 0.213 e. The first-order valence-electron chi connectivity index (χ1n) is 6.79. The number of anilines is 1. The van der Waals surface area contributed by atoms with Gasteiger partial charge in [-0.3, -0.25) is 0 Å². The number of ether oxygens (including phenoxy) is 2. The third-order valence-corrected chi connectivity index (χ3v) is 2.80. The molecular weight excluding hydrogens is 252 g/mol. The summed E-state index contributed by atoms with van der Waals surface area (Å²) in [6.45, 7) is 3.44. The predicted octanol–water partition coefficient (Wildman–Crippen LogP) is 3.49. The molecule has 0 spiro atoms. The Hall–Kier alpha value is -2.23. The average molecular weight is 272 g/mol. The van der Waals surface area contributed by atoms with E-state index >= 15 is 0 Å². The summed E-state index contributed by atoms with van der Waals surface area (Å²) in [6, 6.07) is 13.7. The van der Waals surface area contributed by atoms with Gasteiger partial charge in [0.1, 0.15) is 5.75 Å². The van der Waals surface area contributed by atoms with Crippen molar-refractivity contribution in [3.63, 3.8) is 0 Å². The zero-order chi connectivity index (χ0) is 14.2. The van der Waals surface area contributed by atoms with Crippen molar-refractivity contribution >= 4 is 5.69 Å². The van der Waals surface area contributed by atoms with Crippen LogP contribution < -0.4 is 14.8 Å². The zero-order valence-electron chi connectivity index (χ0n) is 11.9. The van der Waals surface area contributed by atoms with Crippen LogP contribution >= 0.6 is 0 Å². The van der Waals surface area contributed by atoms with Gasteiger partial charge in [-0.15, -0.1) is 0 Å². The van der Waals surface area contributed by atoms with E-state index in [9.17, 15) is 0 Å². The lowest BCUT2D eigenvalue weighted by Crippen LogP contribution is -2.05. The highest BCUT2D eigenvalue weighted by molar-refractivity contribution is 5.56. The largest absolute Gasteiger partial charge is 0.491 e. The lowest BCUT2D eigenvalue weighted by molar-refractivity contribution is 0.319. The average Bonchev–Trinajstić information content (AvgIpc) is 2.52. The summed E-state index contributed by atoms with van der Waals surface area (Å²) in [6.07, 6.45) is 0.992. The third kappa shape index (κ3) is 3.88. The molecule has 0 saturated heterocycles. The lowest BCUT2D eigenvalue weighted by Gasteiger charge is -2.12. The highest BCUT2D eigenvalue weighted by atomic mass is 16.5. The van der Waals surface area contributed by atoms with Crippen LogP contribution in [0.1, 0.15) is 19.0 Å². The van der Waals surface area contributed by atoms with Gasteiger partial charge in [-0.05, 0) is 24.6 Å². The van der Waals surface area contributed by atoms with Crippen LogP contribution in [0.15, 0.2) is 42.5 Å². The molecule has 0 saturated carbocycles. The standard InChI is InChI=1S/C16H20N2O2/c1-3-11-20-15-9-5-4-8-14(15)17-12-13-7-6-10-16(18-13)19-2/h4-10,17H,3,11-12H2,1-2H3. The first-order valence-corrected chi connectivity index (χ1v) is 6.79. The molecule has 2 rings (SSSR count). The fraction of sp³-hybridized carbons (Fsp3) is 0.312. The molecule has 0 aliphatic carbocycles.